The lowest BCUT2D eigenvalue weighted by Gasteiger charge is -2.40. The molecular weight excluding hydrogens is 256 g/mol. The van der Waals surface area contributed by atoms with Gasteiger partial charge in [0.1, 0.15) is 6.04 Å². The van der Waals surface area contributed by atoms with Crippen LogP contribution >= 0.6 is 0 Å². The van der Waals surface area contributed by atoms with Crippen LogP contribution in [0.4, 0.5) is 0 Å². The van der Waals surface area contributed by atoms with Gasteiger partial charge >= 0.3 is 5.97 Å². The van der Waals surface area contributed by atoms with Crippen LogP contribution in [0.3, 0.4) is 0 Å². The third-order valence-corrected chi connectivity index (χ3v) is 4.91. The van der Waals surface area contributed by atoms with E-state index >= 15 is 0 Å². The summed E-state index contributed by atoms with van der Waals surface area (Å²) in [7, 11) is 1.75. The molecule has 0 aromatic carbocycles. The van der Waals surface area contributed by atoms with Crippen molar-refractivity contribution in [1.82, 2.24) is 9.80 Å². The molecule has 0 bridgehead atoms. The summed E-state index contributed by atoms with van der Waals surface area (Å²) in [6.45, 7) is 6.20. The number of aliphatic carboxylic acids is 1. The van der Waals surface area contributed by atoms with Crippen molar-refractivity contribution < 1.29 is 14.6 Å². The fourth-order valence-electron chi connectivity index (χ4n) is 3.62. The molecule has 0 spiro atoms. The Morgan fingerprint density at radius 3 is 2.60 bits per heavy atom. The molecule has 2 aliphatic rings. The molecule has 5 nitrogen and oxygen atoms in total. The Balaban J connectivity index is 1.80. The van der Waals surface area contributed by atoms with Gasteiger partial charge in [0.05, 0.1) is 0 Å². The number of carboxylic acid groups (broad SMARTS) is 1. The van der Waals surface area contributed by atoms with Gasteiger partial charge in [-0.3, -0.25) is 9.69 Å². The zero-order chi connectivity index (χ0) is 14.5. The van der Waals surface area contributed by atoms with E-state index in [1.807, 2.05) is 0 Å². The van der Waals surface area contributed by atoms with Crippen LogP contribution in [0.1, 0.15) is 39.0 Å². The van der Waals surface area contributed by atoms with Crippen molar-refractivity contribution in [3.05, 3.63) is 0 Å². The number of ether oxygens (including phenoxy) is 1. The number of hydrogen-bond donors (Lipinski definition) is 1. The first-order valence-electron chi connectivity index (χ1n) is 7.85. The predicted molar refractivity (Wildman–Crippen MR) is 77.9 cm³/mol. The lowest BCUT2D eigenvalue weighted by Crippen LogP contribution is -2.50. The van der Waals surface area contributed by atoms with Crippen molar-refractivity contribution in [2.24, 2.45) is 0 Å². The van der Waals surface area contributed by atoms with Gasteiger partial charge in [-0.2, -0.15) is 0 Å². The third-order valence-electron chi connectivity index (χ3n) is 4.91. The molecule has 0 amide bonds. The van der Waals surface area contributed by atoms with Crippen molar-refractivity contribution in [3.63, 3.8) is 0 Å². The molecule has 0 saturated carbocycles. The van der Waals surface area contributed by atoms with Crippen LogP contribution in [-0.2, 0) is 9.53 Å². The van der Waals surface area contributed by atoms with Crippen LogP contribution in [0, 0.1) is 0 Å². The highest BCUT2D eigenvalue weighted by Gasteiger charge is 2.36. The monoisotopic (exact) mass is 284 g/mol. The number of carbonyl (C=O) groups is 1. The molecule has 2 aliphatic heterocycles. The average molecular weight is 284 g/mol. The highest BCUT2D eigenvalue weighted by Crippen LogP contribution is 2.27. The number of hydrogen-bond acceptors (Lipinski definition) is 4. The number of rotatable bonds is 6. The van der Waals surface area contributed by atoms with Gasteiger partial charge in [0.15, 0.2) is 0 Å². The summed E-state index contributed by atoms with van der Waals surface area (Å²) in [6.07, 6.45) is 5.12. The molecule has 116 valence electrons. The fourth-order valence-corrected chi connectivity index (χ4v) is 3.62. The molecule has 0 aromatic heterocycles. The van der Waals surface area contributed by atoms with E-state index in [1.165, 1.54) is 0 Å². The van der Waals surface area contributed by atoms with Crippen LogP contribution in [0.25, 0.3) is 0 Å². The quantitative estimate of drug-likeness (QED) is 0.799. The van der Waals surface area contributed by atoms with Gasteiger partial charge < -0.3 is 14.7 Å². The topological polar surface area (TPSA) is 53.0 Å². The van der Waals surface area contributed by atoms with Crippen molar-refractivity contribution in [1.29, 1.82) is 0 Å². The molecule has 0 radical (unpaired) electrons. The van der Waals surface area contributed by atoms with Crippen LogP contribution in [0.5, 0.6) is 0 Å². The smallest absolute Gasteiger partial charge is 0.320 e. The Hall–Kier alpha value is -0.650. The molecule has 20 heavy (non-hydrogen) atoms. The van der Waals surface area contributed by atoms with E-state index in [0.29, 0.717) is 12.1 Å². The second kappa shape index (κ2) is 7.38. The lowest BCUT2D eigenvalue weighted by molar-refractivity contribution is -0.143. The molecule has 2 fully saturated rings. The van der Waals surface area contributed by atoms with Crippen LogP contribution < -0.4 is 0 Å². The number of nitrogens with zero attached hydrogens (tertiary/aromatic N) is 2. The van der Waals surface area contributed by atoms with Gasteiger partial charge in [0.2, 0.25) is 0 Å². The van der Waals surface area contributed by atoms with Gasteiger partial charge in [-0.25, -0.2) is 0 Å². The van der Waals surface area contributed by atoms with E-state index in [0.717, 1.165) is 58.3 Å². The molecule has 1 N–H and O–H groups in total. The zero-order valence-corrected chi connectivity index (χ0v) is 12.8. The minimum Gasteiger partial charge on any atom is -0.480 e. The first-order valence-corrected chi connectivity index (χ1v) is 7.85. The van der Waals surface area contributed by atoms with Gasteiger partial charge in [-0.1, -0.05) is 0 Å². The van der Waals surface area contributed by atoms with Crippen LogP contribution in [-0.4, -0.2) is 72.4 Å². The Kier molecular flexibility index (Phi) is 5.81. The Bertz CT molecular complexity index is 316. The highest BCUT2D eigenvalue weighted by molar-refractivity contribution is 5.73. The van der Waals surface area contributed by atoms with Crippen molar-refractivity contribution >= 4 is 5.97 Å². The normalized spacial score (nSPS) is 27.8. The Morgan fingerprint density at radius 2 is 2.00 bits per heavy atom. The maximum absolute atomic E-state index is 11.3. The minimum absolute atomic E-state index is 0.238. The number of likely N-dealkylation sites (tertiary alicyclic amines) is 2. The largest absolute Gasteiger partial charge is 0.480 e. The molecule has 2 heterocycles. The SMILES string of the molecule is COCCC(C)N1CCC(N2CCCC2C(=O)O)CC1. The first-order chi connectivity index (χ1) is 9.63. The summed E-state index contributed by atoms with van der Waals surface area (Å²) in [6, 6.07) is 0.784. The van der Waals surface area contributed by atoms with E-state index in [9.17, 15) is 9.90 Å². The maximum atomic E-state index is 11.3. The standard InChI is InChI=1S/C15H28N2O3/c1-12(7-11-20-2)16-9-5-13(6-10-16)17-8-3-4-14(17)15(18)19/h12-14H,3-11H2,1-2H3,(H,18,19). The molecular formula is C15H28N2O3. The molecule has 2 rings (SSSR count). The summed E-state index contributed by atoms with van der Waals surface area (Å²) in [4.78, 5) is 16.0. The lowest BCUT2D eigenvalue weighted by atomic mass is 10.00. The molecule has 0 aliphatic carbocycles. The minimum atomic E-state index is -0.640. The van der Waals surface area contributed by atoms with E-state index < -0.39 is 5.97 Å². The number of piperidine rings is 1. The Morgan fingerprint density at radius 1 is 1.30 bits per heavy atom. The number of carboxylic acids is 1. The van der Waals surface area contributed by atoms with E-state index in [1.54, 1.807) is 7.11 Å². The van der Waals surface area contributed by atoms with E-state index in [2.05, 4.69) is 16.7 Å². The van der Waals surface area contributed by atoms with Crippen molar-refractivity contribution in [3.8, 4) is 0 Å². The van der Waals surface area contributed by atoms with Gasteiger partial charge in [0.25, 0.3) is 0 Å². The molecule has 2 saturated heterocycles. The summed E-state index contributed by atoms with van der Waals surface area (Å²) in [5.41, 5.74) is 0. The van der Waals surface area contributed by atoms with Gasteiger partial charge in [-0.15, -0.1) is 0 Å². The Labute approximate surface area is 121 Å². The second-order valence-corrected chi connectivity index (χ2v) is 6.13. The van der Waals surface area contributed by atoms with E-state index in [-0.39, 0.29) is 6.04 Å². The van der Waals surface area contributed by atoms with Gasteiger partial charge in [0, 0.05) is 25.8 Å². The second-order valence-electron chi connectivity index (χ2n) is 6.13. The summed E-state index contributed by atoms with van der Waals surface area (Å²) in [5, 5.41) is 9.29. The van der Waals surface area contributed by atoms with Crippen molar-refractivity contribution in [2.75, 3.05) is 33.4 Å². The predicted octanol–water partition coefficient (Wildman–Crippen LogP) is 1.42. The third kappa shape index (κ3) is 3.71. The maximum Gasteiger partial charge on any atom is 0.320 e. The first kappa shape index (κ1) is 15.7. The molecule has 2 unspecified atom stereocenters. The molecule has 2 atom stereocenters. The van der Waals surface area contributed by atoms with Crippen LogP contribution in [0.2, 0.25) is 0 Å². The fraction of sp³-hybridized carbons (Fsp3) is 0.933. The average Bonchev–Trinajstić information content (AvgIpc) is 2.94. The number of methoxy groups -OCH3 is 1. The summed E-state index contributed by atoms with van der Waals surface area (Å²) in [5.74, 6) is -0.640. The zero-order valence-electron chi connectivity index (χ0n) is 12.8. The summed E-state index contributed by atoms with van der Waals surface area (Å²) < 4.78 is 5.15. The van der Waals surface area contributed by atoms with Crippen LogP contribution in [0.15, 0.2) is 0 Å². The van der Waals surface area contributed by atoms with Crippen molar-refractivity contribution in [2.45, 2.75) is 57.2 Å². The highest BCUT2D eigenvalue weighted by atomic mass is 16.5. The summed E-state index contributed by atoms with van der Waals surface area (Å²) >= 11 is 0. The molecule has 5 heteroatoms. The van der Waals surface area contributed by atoms with Gasteiger partial charge in [-0.05, 0) is 58.7 Å². The molecule has 0 aromatic rings. The van der Waals surface area contributed by atoms with E-state index in [4.69, 9.17) is 4.74 Å².